The molecule has 2 N–H and O–H groups in total. The van der Waals surface area contributed by atoms with Gasteiger partial charge in [0.2, 0.25) is 10.0 Å². The van der Waals surface area contributed by atoms with Gasteiger partial charge in [-0.1, -0.05) is 19.1 Å². The van der Waals surface area contributed by atoms with E-state index in [1.165, 1.54) is 12.4 Å². The third-order valence-electron chi connectivity index (χ3n) is 2.81. The maximum absolute atomic E-state index is 11.8. The molecule has 1 aromatic carbocycles. The van der Waals surface area contributed by atoms with Gasteiger partial charge in [-0.15, -0.1) is 0 Å². The molecular formula is C14H15N5O2S. The molecule has 0 aliphatic carbocycles. The molecule has 22 heavy (non-hydrogen) atoms. The molecule has 1 heterocycles. The molecule has 0 fully saturated rings. The Hall–Kier alpha value is -2.50. The van der Waals surface area contributed by atoms with Crippen LogP contribution in [0.4, 0.5) is 5.82 Å². The van der Waals surface area contributed by atoms with Crippen molar-refractivity contribution in [1.82, 2.24) is 14.7 Å². The minimum absolute atomic E-state index is 0.233. The van der Waals surface area contributed by atoms with E-state index in [9.17, 15) is 8.42 Å². The third kappa shape index (κ3) is 4.00. The molecule has 0 amide bonds. The van der Waals surface area contributed by atoms with Crippen LogP contribution in [0.1, 0.15) is 18.2 Å². The van der Waals surface area contributed by atoms with E-state index in [0.717, 1.165) is 5.56 Å². The van der Waals surface area contributed by atoms with Crippen molar-refractivity contribution in [3.8, 4) is 6.07 Å². The van der Waals surface area contributed by atoms with Gasteiger partial charge < -0.3 is 5.32 Å². The van der Waals surface area contributed by atoms with Crippen molar-refractivity contribution in [2.24, 2.45) is 0 Å². The molecule has 1 aromatic heterocycles. The summed E-state index contributed by atoms with van der Waals surface area (Å²) in [4.78, 5) is 8.18. The van der Waals surface area contributed by atoms with Crippen molar-refractivity contribution in [2.45, 2.75) is 18.4 Å². The van der Waals surface area contributed by atoms with Crippen LogP contribution in [0.2, 0.25) is 0 Å². The summed E-state index contributed by atoms with van der Waals surface area (Å²) in [6, 6.07) is 8.47. The Morgan fingerprint density at radius 2 is 1.91 bits per heavy atom. The Kier molecular flexibility index (Phi) is 5.04. The first-order chi connectivity index (χ1) is 10.5. The van der Waals surface area contributed by atoms with Crippen LogP contribution in [0.5, 0.6) is 0 Å². The zero-order chi connectivity index (χ0) is 16.0. The standard InChI is InChI=1S/C14H15N5O2S/c1-2-19-22(20,21)13-5-3-11(4-6-13)8-17-14-10-16-12(7-15)9-18-14/h3-6,9-10,19H,2,8H2,1H3,(H,17,18). The molecule has 7 nitrogen and oxygen atoms in total. The second-order valence-electron chi connectivity index (χ2n) is 4.40. The van der Waals surface area contributed by atoms with Crippen molar-refractivity contribution in [1.29, 1.82) is 5.26 Å². The Labute approximate surface area is 129 Å². The minimum atomic E-state index is -3.43. The predicted molar refractivity (Wildman–Crippen MR) is 81.4 cm³/mol. The second-order valence-corrected chi connectivity index (χ2v) is 6.16. The zero-order valence-corrected chi connectivity index (χ0v) is 12.8. The highest BCUT2D eigenvalue weighted by atomic mass is 32.2. The summed E-state index contributed by atoms with van der Waals surface area (Å²) < 4.78 is 26.1. The van der Waals surface area contributed by atoms with Gasteiger partial charge in [0.1, 0.15) is 11.9 Å². The monoisotopic (exact) mass is 317 g/mol. The molecule has 0 bridgehead atoms. The summed E-state index contributed by atoms with van der Waals surface area (Å²) in [6.07, 6.45) is 2.86. The number of nitriles is 1. The van der Waals surface area contributed by atoms with Crippen LogP contribution < -0.4 is 10.0 Å². The largest absolute Gasteiger partial charge is 0.365 e. The maximum Gasteiger partial charge on any atom is 0.240 e. The van der Waals surface area contributed by atoms with Crippen molar-refractivity contribution in [3.63, 3.8) is 0 Å². The number of sulfonamides is 1. The van der Waals surface area contributed by atoms with Gasteiger partial charge in [0.25, 0.3) is 0 Å². The van der Waals surface area contributed by atoms with Crippen molar-refractivity contribution < 1.29 is 8.42 Å². The summed E-state index contributed by atoms with van der Waals surface area (Å²) >= 11 is 0. The fourth-order valence-electron chi connectivity index (χ4n) is 1.73. The maximum atomic E-state index is 11.8. The van der Waals surface area contributed by atoms with E-state index < -0.39 is 10.0 Å². The van der Waals surface area contributed by atoms with E-state index in [1.807, 2.05) is 6.07 Å². The van der Waals surface area contributed by atoms with Crippen molar-refractivity contribution in [2.75, 3.05) is 11.9 Å². The van der Waals surface area contributed by atoms with Gasteiger partial charge >= 0.3 is 0 Å². The van der Waals surface area contributed by atoms with Gasteiger partial charge in [-0.2, -0.15) is 5.26 Å². The molecular weight excluding hydrogens is 302 g/mol. The van der Waals surface area contributed by atoms with Crippen LogP contribution in [-0.4, -0.2) is 24.9 Å². The number of nitrogens with zero attached hydrogens (tertiary/aromatic N) is 3. The van der Waals surface area contributed by atoms with Crippen LogP contribution >= 0.6 is 0 Å². The molecule has 8 heteroatoms. The number of aromatic nitrogens is 2. The lowest BCUT2D eigenvalue weighted by Gasteiger charge is -2.07. The SMILES string of the molecule is CCNS(=O)(=O)c1ccc(CNc2cnc(C#N)cn2)cc1. The number of hydrogen-bond acceptors (Lipinski definition) is 6. The van der Waals surface area contributed by atoms with E-state index in [-0.39, 0.29) is 10.6 Å². The smallest absolute Gasteiger partial charge is 0.240 e. The normalized spacial score (nSPS) is 10.9. The fraction of sp³-hybridized carbons (Fsp3) is 0.214. The summed E-state index contributed by atoms with van der Waals surface area (Å²) in [7, 11) is -3.43. The van der Waals surface area contributed by atoms with Crippen LogP contribution in [0.3, 0.4) is 0 Å². The summed E-state index contributed by atoms with van der Waals surface area (Å²) in [5, 5.41) is 11.7. The van der Waals surface area contributed by atoms with E-state index >= 15 is 0 Å². The van der Waals surface area contributed by atoms with Crippen molar-refractivity contribution in [3.05, 3.63) is 47.9 Å². The Bertz CT molecular complexity index is 764. The molecule has 2 aromatic rings. The molecule has 0 radical (unpaired) electrons. The topological polar surface area (TPSA) is 108 Å². The molecule has 0 aliphatic rings. The second kappa shape index (κ2) is 6.98. The highest BCUT2D eigenvalue weighted by Gasteiger charge is 2.11. The summed E-state index contributed by atoms with van der Waals surface area (Å²) in [6.45, 7) is 2.56. The zero-order valence-electron chi connectivity index (χ0n) is 11.9. The third-order valence-corrected chi connectivity index (χ3v) is 4.37. The highest BCUT2D eigenvalue weighted by molar-refractivity contribution is 7.89. The van der Waals surface area contributed by atoms with E-state index in [4.69, 9.17) is 5.26 Å². The quantitative estimate of drug-likeness (QED) is 0.830. The first-order valence-corrected chi connectivity index (χ1v) is 8.08. The molecule has 114 valence electrons. The van der Waals surface area contributed by atoms with Gasteiger partial charge in [-0.05, 0) is 17.7 Å². The molecule has 0 spiro atoms. The molecule has 0 saturated heterocycles. The van der Waals surface area contributed by atoms with Gasteiger partial charge in [-0.25, -0.2) is 23.1 Å². The molecule has 2 rings (SSSR count). The summed E-state index contributed by atoms with van der Waals surface area (Å²) in [5.74, 6) is 0.545. The number of rotatable bonds is 6. The lowest BCUT2D eigenvalue weighted by Crippen LogP contribution is -2.23. The summed E-state index contributed by atoms with van der Waals surface area (Å²) in [5.41, 5.74) is 1.16. The number of benzene rings is 1. The lowest BCUT2D eigenvalue weighted by atomic mass is 10.2. The minimum Gasteiger partial charge on any atom is -0.365 e. The van der Waals surface area contributed by atoms with Crippen molar-refractivity contribution >= 4 is 15.8 Å². The fourth-order valence-corrected chi connectivity index (χ4v) is 2.77. The Morgan fingerprint density at radius 1 is 1.18 bits per heavy atom. The average molecular weight is 317 g/mol. The van der Waals surface area contributed by atoms with Gasteiger partial charge in [0.05, 0.1) is 17.3 Å². The van der Waals surface area contributed by atoms with E-state index in [1.54, 1.807) is 31.2 Å². The molecule has 0 aliphatic heterocycles. The highest BCUT2D eigenvalue weighted by Crippen LogP contribution is 2.11. The Balaban J connectivity index is 2.01. The average Bonchev–Trinajstić information content (AvgIpc) is 2.54. The van der Waals surface area contributed by atoms with E-state index in [2.05, 4.69) is 20.0 Å². The lowest BCUT2D eigenvalue weighted by molar-refractivity contribution is 0.584. The van der Waals surface area contributed by atoms with E-state index in [0.29, 0.717) is 18.9 Å². The van der Waals surface area contributed by atoms with Crippen LogP contribution in [0.25, 0.3) is 0 Å². The van der Waals surface area contributed by atoms with Gasteiger partial charge in [0, 0.05) is 13.1 Å². The Morgan fingerprint density at radius 3 is 2.45 bits per heavy atom. The first kappa shape index (κ1) is 15.9. The number of hydrogen-bond donors (Lipinski definition) is 2. The number of anilines is 1. The van der Waals surface area contributed by atoms with Crippen LogP contribution in [-0.2, 0) is 16.6 Å². The van der Waals surface area contributed by atoms with Gasteiger partial charge in [0.15, 0.2) is 5.69 Å². The molecule has 0 atom stereocenters. The predicted octanol–water partition coefficient (Wildman–Crippen LogP) is 1.26. The molecule has 0 unspecified atom stereocenters. The van der Waals surface area contributed by atoms with Crippen LogP contribution in [0, 0.1) is 11.3 Å². The first-order valence-electron chi connectivity index (χ1n) is 6.60. The van der Waals surface area contributed by atoms with Crippen LogP contribution in [0.15, 0.2) is 41.6 Å². The van der Waals surface area contributed by atoms with Gasteiger partial charge in [-0.3, -0.25) is 0 Å². The number of nitrogens with one attached hydrogen (secondary N) is 2. The molecule has 0 saturated carbocycles.